The van der Waals surface area contributed by atoms with Crippen LogP contribution in [-0.2, 0) is 0 Å². The van der Waals surface area contributed by atoms with Gasteiger partial charge in [0.15, 0.2) is 0 Å². The molecule has 1 aromatic heterocycles. The average molecular weight is 467 g/mol. The van der Waals surface area contributed by atoms with E-state index in [9.17, 15) is 5.11 Å². The number of hydrogen-bond acceptors (Lipinski definition) is 2. The number of aryl methyl sites for hydroxylation is 2. The Labute approximate surface area is 131 Å². The number of benzene rings is 1. The van der Waals surface area contributed by atoms with Gasteiger partial charge in [-0.2, -0.15) is 0 Å². The highest BCUT2D eigenvalue weighted by Gasteiger charge is 2.11. The minimum Gasteiger partial charge on any atom is -0.508 e. The predicted molar refractivity (Wildman–Crippen MR) is 95.7 cm³/mol. The fourth-order valence-corrected chi connectivity index (χ4v) is 1.97. The van der Waals surface area contributed by atoms with Crippen LogP contribution in [0.4, 0.5) is 0 Å². The molecule has 18 heavy (non-hydrogen) atoms. The van der Waals surface area contributed by atoms with Gasteiger partial charge in [0.05, 0.1) is 5.52 Å². The van der Waals surface area contributed by atoms with Crippen molar-refractivity contribution in [2.75, 3.05) is 0 Å². The normalized spacial score (nSPS) is 9.83. The molecule has 4 heteroatoms. The lowest BCUT2D eigenvalue weighted by atomic mass is 9.99. The van der Waals surface area contributed by atoms with Gasteiger partial charge in [-0.15, -0.1) is 0 Å². The average Bonchev–Trinajstić information content (AvgIpc) is 2.33. The monoisotopic (exact) mass is 467 g/mol. The molecule has 0 spiro atoms. The van der Waals surface area contributed by atoms with Gasteiger partial charge in [0, 0.05) is 53.9 Å². The van der Waals surface area contributed by atoms with E-state index in [4.69, 9.17) is 0 Å². The number of aliphatic hydroxyl groups is 1. The van der Waals surface area contributed by atoms with Crippen LogP contribution >= 0.6 is 37.2 Å². The third kappa shape index (κ3) is 3.14. The molecule has 0 saturated heterocycles. The zero-order valence-corrected chi connectivity index (χ0v) is 14.9. The van der Waals surface area contributed by atoms with Gasteiger partial charge in [-0.1, -0.05) is 18.2 Å². The lowest BCUT2D eigenvalue weighted by molar-refractivity contribution is 0.514. The molecule has 0 bridgehead atoms. The minimum absolute atomic E-state index is 0.110. The van der Waals surface area contributed by atoms with Crippen molar-refractivity contribution in [1.29, 1.82) is 0 Å². The summed E-state index contributed by atoms with van der Waals surface area (Å²) in [5.74, 6) is 0.110. The van der Waals surface area contributed by atoms with E-state index in [1.165, 1.54) is 0 Å². The van der Waals surface area contributed by atoms with Crippen molar-refractivity contribution in [3.63, 3.8) is 0 Å². The third-order valence-corrected chi connectivity index (χ3v) is 2.92. The Bertz CT molecular complexity index is 594. The summed E-state index contributed by atoms with van der Waals surface area (Å²) in [6.45, 7) is 9.57. The number of pyridine rings is 1. The van der Waals surface area contributed by atoms with Crippen LogP contribution in [0.2, 0.25) is 0 Å². The van der Waals surface area contributed by atoms with Gasteiger partial charge in [0.1, 0.15) is 5.76 Å². The van der Waals surface area contributed by atoms with Crippen LogP contribution in [-0.4, -0.2) is 10.1 Å². The van der Waals surface area contributed by atoms with Crippen molar-refractivity contribution < 1.29 is 5.11 Å². The molecule has 0 radical (unpaired) electrons. The summed E-state index contributed by atoms with van der Waals surface area (Å²) in [6, 6.07) is 6.03. The summed E-state index contributed by atoms with van der Waals surface area (Å²) in [4.78, 5) is 4.51. The Morgan fingerprint density at radius 1 is 1.22 bits per heavy atom. The van der Waals surface area contributed by atoms with Crippen molar-refractivity contribution in [2.24, 2.45) is 0 Å². The molecule has 2 rings (SSSR count). The van der Waals surface area contributed by atoms with Crippen molar-refractivity contribution in [3.05, 3.63) is 47.2 Å². The second-order valence-electron chi connectivity index (χ2n) is 4.16. The van der Waals surface area contributed by atoms with Crippen LogP contribution in [0.5, 0.6) is 0 Å². The molecule has 2 aromatic rings. The van der Waals surface area contributed by atoms with Crippen molar-refractivity contribution in [2.45, 2.75) is 20.8 Å². The molecular formula is C14H15I2NO. The van der Waals surface area contributed by atoms with Gasteiger partial charge in [-0.25, -0.2) is 0 Å². The Morgan fingerprint density at radius 3 is 2.39 bits per heavy atom. The highest BCUT2D eigenvalue weighted by Crippen LogP contribution is 2.27. The standard InChI is InChI=1S/C14H15NO.I2/c1-8-5-6-13-12(7-8)14(11(4)16)9(2)10(3)15-13;1-2/h5-7,16H,4H2,1-3H3;. The van der Waals surface area contributed by atoms with Gasteiger partial charge in [-0.3, -0.25) is 4.98 Å². The van der Waals surface area contributed by atoms with E-state index in [1.54, 1.807) is 0 Å². The van der Waals surface area contributed by atoms with Gasteiger partial charge in [0.2, 0.25) is 0 Å². The SMILES string of the molecule is C=C(O)c1c(C)c(C)nc2ccc(C)cc12.II. The van der Waals surface area contributed by atoms with Crippen LogP contribution < -0.4 is 0 Å². The molecule has 96 valence electrons. The van der Waals surface area contributed by atoms with Crippen LogP contribution in [0.25, 0.3) is 16.7 Å². The van der Waals surface area contributed by atoms with E-state index >= 15 is 0 Å². The zero-order valence-electron chi connectivity index (χ0n) is 10.6. The molecule has 0 unspecified atom stereocenters. The maximum atomic E-state index is 9.70. The van der Waals surface area contributed by atoms with Gasteiger partial charge >= 0.3 is 0 Å². The Kier molecular flexibility index (Phi) is 5.84. The first-order valence-corrected chi connectivity index (χ1v) is 11.7. The predicted octanol–water partition coefficient (Wildman–Crippen LogP) is 5.46. The lowest BCUT2D eigenvalue weighted by Crippen LogP contribution is -1.97. The summed E-state index contributed by atoms with van der Waals surface area (Å²) in [6.07, 6.45) is 0. The number of fused-ring (bicyclic) bond motifs is 1. The Hall–Kier alpha value is -0.370. The van der Waals surface area contributed by atoms with E-state index < -0.39 is 0 Å². The molecule has 0 aliphatic carbocycles. The zero-order chi connectivity index (χ0) is 13.9. The van der Waals surface area contributed by atoms with E-state index in [2.05, 4.69) is 48.8 Å². The maximum absolute atomic E-state index is 9.70. The highest BCUT2D eigenvalue weighted by atomic mass is 128. The molecule has 0 aliphatic heterocycles. The van der Waals surface area contributed by atoms with E-state index in [1.807, 2.05) is 39.0 Å². The van der Waals surface area contributed by atoms with Crippen LogP contribution in [0.1, 0.15) is 22.4 Å². The quantitative estimate of drug-likeness (QED) is 0.447. The Balaban J connectivity index is 0.000000771. The topological polar surface area (TPSA) is 33.1 Å². The van der Waals surface area contributed by atoms with Gasteiger partial charge < -0.3 is 5.11 Å². The second kappa shape index (κ2) is 6.70. The fraction of sp³-hybridized carbons (Fsp3) is 0.214. The largest absolute Gasteiger partial charge is 0.508 e. The number of hydrogen-bond donors (Lipinski definition) is 1. The van der Waals surface area contributed by atoms with E-state index in [0.717, 1.165) is 33.3 Å². The number of halogens is 2. The molecule has 0 fully saturated rings. The molecule has 1 heterocycles. The maximum Gasteiger partial charge on any atom is 0.116 e. The molecule has 0 atom stereocenters. The van der Waals surface area contributed by atoms with Crippen LogP contribution in [0.15, 0.2) is 24.8 Å². The smallest absolute Gasteiger partial charge is 0.116 e. The third-order valence-electron chi connectivity index (χ3n) is 2.92. The first-order chi connectivity index (χ1) is 8.50. The summed E-state index contributed by atoms with van der Waals surface area (Å²) < 4.78 is 0. The summed E-state index contributed by atoms with van der Waals surface area (Å²) in [7, 11) is 0. The number of aliphatic hydroxyl groups excluding tert-OH is 1. The fourth-order valence-electron chi connectivity index (χ4n) is 1.97. The summed E-state index contributed by atoms with van der Waals surface area (Å²) in [5.41, 5.74) is 4.79. The van der Waals surface area contributed by atoms with Gasteiger partial charge in [0.25, 0.3) is 0 Å². The van der Waals surface area contributed by atoms with Crippen molar-refractivity contribution in [3.8, 4) is 0 Å². The molecular weight excluding hydrogens is 452 g/mol. The first-order valence-electron chi connectivity index (χ1n) is 5.41. The second-order valence-corrected chi connectivity index (χ2v) is 4.16. The molecule has 0 aliphatic rings. The molecule has 1 N–H and O–H groups in total. The number of aromatic nitrogens is 1. The highest BCUT2D eigenvalue weighted by molar-refractivity contribution is 15.0. The lowest BCUT2D eigenvalue weighted by Gasteiger charge is -2.11. The minimum atomic E-state index is 0.110. The number of rotatable bonds is 1. The first kappa shape index (κ1) is 15.7. The molecule has 1 aromatic carbocycles. The Morgan fingerprint density at radius 2 is 1.83 bits per heavy atom. The van der Waals surface area contributed by atoms with Crippen LogP contribution in [0, 0.1) is 20.8 Å². The van der Waals surface area contributed by atoms with Crippen LogP contribution in [0.3, 0.4) is 0 Å². The summed E-state index contributed by atoms with van der Waals surface area (Å²) >= 11 is 4.24. The number of nitrogens with zero attached hydrogens (tertiary/aromatic N) is 1. The van der Waals surface area contributed by atoms with Gasteiger partial charge in [-0.05, 0) is 38.5 Å². The molecule has 0 saturated carbocycles. The van der Waals surface area contributed by atoms with Crippen molar-refractivity contribution in [1.82, 2.24) is 4.98 Å². The van der Waals surface area contributed by atoms with E-state index in [-0.39, 0.29) is 5.76 Å². The van der Waals surface area contributed by atoms with Crippen molar-refractivity contribution >= 4 is 53.9 Å². The molecule has 0 amide bonds. The summed E-state index contributed by atoms with van der Waals surface area (Å²) in [5, 5.41) is 10.7. The van der Waals surface area contributed by atoms with E-state index in [0.29, 0.717) is 0 Å². The molecule has 2 nitrogen and oxygen atoms in total.